The number of nitrogens with one attached hydrogen (secondary N) is 2. The Hall–Kier alpha value is -4.15. The van der Waals surface area contributed by atoms with Crippen molar-refractivity contribution in [3.05, 3.63) is 108 Å². The van der Waals surface area contributed by atoms with Gasteiger partial charge in [-0.2, -0.15) is 0 Å². The van der Waals surface area contributed by atoms with Gasteiger partial charge in [0, 0.05) is 64.7 Å². The summed E-state index contributed by atoms with van der Waals surface area (Å²) in [6.45, 7) is 5.15. The summed E-state index contributed by atoms with van der Waals surface area (Å²) >= 11 is 0. The molecule has 10 N–H and O–H groups in total. The molecule has 3 aliphatic heterocycles. The third-order valence-electron chi connectivity index (χ3n) is 25.8. The minimum atomic E-state index is -2.53. The van der Waals surface area contributed by atoms with Crippen LogP contribution in [0.15, 0.2) is 101 Å². The number of fused-ring (bicyclic) bond motifs is 13. The SMILES string of the molecule is CCOC(=O)CCc1cc2ccoc2c2c1OC1OC3(CSSC4(CC5(CCCC5)C5(CCC(CNC)C5)C4CCC4(O)CCC5(C=CC(O)=CC5c5ccc6ccccc6c5)C4)C(CCC(C)CCCC3O)NCCO2)C2(O)CC3C=CC(O)C(CO)C3C1(O)C2O. The summed E-state index contributed by atoms with van der Waals surface area (Å²) in [7, 11) is 5.52. The Morgan fingerprint density at radius 3 is 2.52 bits per heavy atom. The number of hydrogen-bond donors (Lipinski definition) is 10. The van der Waals surface area contributed by atoms with E-state index in [1.54, 1.807) is 36.1 Å². The Balaban J connectivity index is 0.920. The molecular formula is C75H100N2O14S2. The number of aryl methyl sites for hydroxylation is 1. The molecule has 5 bridgehead atoms. The maximum absolute atomic E-state index is 14.1. The second kappa shape index (κ2) is 25.6. The molecule has 7 fully saturated rings. The Bertz CT molecular complexity index is 3480. The predicted molar refractivity (Wildman–Crippen MR) is 361 cm³/mol. The number of hydrogen-bond acceptors (Lipinski definition) is 18. The Labute approximate surface area is 555 Å². The van der Waals surface area contributed by atoms with E-state index in [1.807, 2.05) is 35.1 Å². The molecule has 3 aromatic carbocycles. The number of aliphatic hydroxyl groups excluding tert-OH is 5. The fourth-order valence-electron chi connectivity index (χ4n) is 21.5. The first-order chi connectivity index (χ1) is 44.8. The van der Waals surface area contributed by atoms with E-state index < -0.39 is 87.5 Å². The molecule has 19 atom stereocenters. The first-order valence-corrected chi connectivity index (χ1v) is 37.6. The highest BCUT2D eigenvalue weighted by molar-refractivity contribution is 8.77. The van der Waals surface area contributed by atoms with Crippen LogP contribution < -0.4 is 20.1 Å². The summed E-state index contributed by atoms with van der Waals surface area (Å²) in [6.07, 6.45) is 19.6. The van der Waals surface area contributed by atoms with Gasteiger partial charge in [0.1, 0.15) is 29.7 Å². The molecule has 18 heteroatoms. The van der Waals surface area contributed by atoms with Gasteiger partial charge in [0.15, 0.2) is 16.9 Å². The predicted octanol–water partition coefficient (Wildman–Crippen LogP) is 11.0. The molecule has 0 radical (unpaired) electrons. The van der Waals surface area contributed by atoms with Crippen molar-refractivity contribution >= 4 is 49.3 Å². The molecule has 10 aliphatic rings. The average molecular weight is 1320 g/mol. The summed E-state index contributed by atoms with van der Waals surface area (Å²) in [5.41, 5.74) is -6.47. The summed E-state index contributed by atoms with van der Waals surface area (Å²) < 4.78 is 33.1. The van der Waals surface area contributed by atoms with E-state index in [1.165, 1.54) is 0 Å². The van der Waals surface area contributed by atoms with Crippen LogP contribution in [0.4, 0.5) is 0 Å². The minimum absolute atomic E-state index is 0.0204. The molecule has 14 rings (SSSR count). The van der Waals surface area contributed by atoms with E-state index in [0.717, 1.165) is 106 Å². The van der Waals surface area contributed by atoms with Crippen LogP contribution in [0, 0.1) is 51.8 Å². The highest BCUT2D eigenvalue weighted by Gasteiger charge is 2.79. The molecule has 19 unspecified atom stereocenters. The van der Waals surface area contributed by atoms with Crippen LogP contribution in [-0.2, 0) is 20.7 Å². The van der Waals surface area contributed by atoms with Crippen molar-refractivity contribution in [1.29, 1.82) is 0 Å². The van der Waals surface area contributed by atoms with Crippen molar-refractivity contribution < 1.29 is 69.0 Å². The first-order valence-electron chi connectivity index (χ1n) is 35.3. The average Bonchev–Trinajstić information content (AvgIpc) is 1.13. The topological polar surface area (TPSA) is 253 Å². The molecule has 2 saturated heterocycles. The van der Waals surface area contributed by atoms with Crippen molar-refractivity contribution in [2.24, 2.45) is 51.8 Å². The Morgan fingerprint density at radius 2 is 1.71 bits per heavy atom. The van der Waals surface area contributed by atoms with Crippen LogP contribution in [0.25, 0.3) is 21.7 Å². The van der Waals surface area contributed by atoms with Crippen molar-refractivity contribution in [2.45, 2.75) is 212 Å². The highest BCUT2D eigenvalue weighted by atomic mass is 33.1. The number of allylic oxidation sites excluding steroid dienone is 4. The third-order valence-corrected chi connectivity index (χ3v) is 29.1. The Kier molecular flexibility index (Phi) is 18.2. The molecule has 506 valence electrons. The normalized spacial score (nSPS) is 41.4. The lowest BCUT2D eigenvalue weighted by Gasteiger charge is -2.67. The molecule has 4 aromatic rings. The number of aliphatic hydroxyl groups is 8. The highest BCUT2D eigenvalue weighted by Crippen LogP contribution is 2.78. The zero-order valence-electron chi connectivity index (χ0n) is 54.5. The van der Waals surface area contributed by atoms with Crippen LogP contribution in [0.5, 0.6) is 11.5 Å². The molecule has 5 spiro atoms. The molecule has 4 heterocycles. The lowest BCUT2D eigenvalue weighted by atomic mass is 9.50. The molecule has 7 aliphatic carbocycles. The van der Waals surface area contributed by atoms with Gasteiger partial charge in [-0.05, 0) is 204 Å². The lowest BCUT2D eigenvalue weighted by Crippen LogP contribution is -2.86. The summed E-state index contributed by atoms with van der Waals surface area (Å²) in [6, 6.07) is 18.6. The molecule has 93 heavy (non-hydrogen) atoms. The van der Waals surface area contributed by atoms with Crippen molar-refractivity contribution in [3.63, 3.8) is 0 Å². The van der Waals surface area contributed by atoms with Crippen LogP contribution >= 0.6 is 21.6 Å². The van der Waals surface area contributed by atoms with E-state index in [2.05, 4.69) is 73.1 Å². The van der Waals surface area contributed by atoms with Crippen molar-refractivity contribution in [2.75, 3.05) is 45.7 Å². The lowest BCUT2D eigenvalue weighted by molar-refractivity contribution is -0.424. The fraction of sp³-hybridized carbons (Fsp3) is 0.667. The van der Waals surface area contributed by atoms with E-state index in [0.29, 0.717) is 54.7 Å². The smallest absolute Gasteiger partial charge is 0.306 e. The number of furan rings is 1. The summed E-state index contributed by atoms with van der Waals surface area (Å²) in [4.78, 5) is 13.3. The summed E-state index contributed by atoms with van der Waals surface area (Å²) in [5.74, 6) is -2.17. The maximum Gasteiger partial charge on any atom is 0.306 e. The quantitative estimate of drug-likeness (QED) is 0.0381. The number of carbonyl (C=O) groups is 1. The number of rotatable bonds is 11. The number of carbonyl (C=O) groups excluding carboxylic acids is 1. The summed E-state index contributed by atoms with van der Waals surface area (Å²) in [5, 5.41) is 114. The maximum atomic E-state index is 14.1. The molecule has 5 saturated carbocycles. The van der Waals surface area contributed by atoms with Crippen LogP contribution in [0.1, 0.15) is 159 Å². The van der Waals surface area contributed by atoms with E-state index >= 15 is 0 Å². The minimum Gasteiger partial charge on any atom is -0.508 e. The van der Waals surface area contributed by atoms with Crippen LogP contribution in [0.3, 0.4) is 0 Å². The molecule has 1 aromatic heterocycles. The third kappa shape index (κ3) is 11.0. The van der Waals surface area contributed by atoms with Gasteiger partial charge in [0.25, 0.3) is 0 Å². The van der Waals surface area contributed by atoms with E-state index in [4.69, 9.17) is 23.4 Å². The fourth-order valence-corrected chi connectivity index (χ4v) is 25.8. The number of benzene rings is 3. The van der Waals surface area contributed by atoms with E-state index in [-0.39, 0.29) is 96.5 Å². The Morgan fingerprint density at radius 1 is 0.882 bits per heavy atom. The van der Waals surface area contributed by atoms with Crippen LogP contribution in [-0.4, -0.2) is 150 Å². The van der Waals surface area contributed by atoms with Gasteiger partial charge in [0.2, 0.25) is 12.0 Å². The van der Waals surface area contributed by atoms with Gasteiger partial charge in [-0.25, -0.2) is 0 Å². The second-order valence-electron chi connectivity index (χ2n) is 30.6. The molecule has 0 amide bonds. The van der Waals surface area contributed by atoms with Crippen LogP contribution in [0.2, 0.25) is 0 Å². The van der Waals surface area contributed by atoms with Crippen molar-refractivity contribution in [3.8, 4) is 11.5 Å². The van der Waals surface area contributed by atoms with Gasteiger partial charge in [-0.3, -0.25) is 4.79 Å². The van der Waals surface area contributed by atoms with Crippen molar-refractivity contribution in [1.82, 2.24) is 10.6 Å². The van der Waals surface area contributed by atoms with Gasteiger partial charge >= 0.3 is 5.97 Å². The van der Waals surface area contributed by atoms with Gasteiger partial charge < -0.3 is 74.9 Å². The monoisotopic (exact) mass is 1320 g/mol. The van der Waals surface area contributed by atoms with Gasteiger partial charge in [-0.15, -0.1) is 0 Å². The number of esters is 1. The zero-order chi connectivity index (χ0) is 64.8. The standard InChI is InChI=1S/C75H100N2O14S2/c1-4-87-61(82)21-18-51-37-52-25-34-88-63(52)65-64(51)90-67-75(86)62-53(17-19-57(80)55(62)42-78)40-73(85,66(75)83)74(91-67)45-92-93-72(59(77-33-35-89-65)20-14-46(2)10-9-13-60(74)81)44-69(26-7-8-27-69)71(30-22-47(39-71)41-76-3)58(72)24-29-70(84)32-31-68(43-70)28-23-54(79)38-56(68)50-16-15-48-11-5-6-12-49(48)36-50/h5-6,11-12,15-17,19,23,25,28,34,36-38,46-47,53,55-60,62,66-67,76-81,83-86H,4,7-10,13-14,18,20-22,24,26-27,29-33,35,39-45H2,1-3H3. The molecular weight excluding hydrogens is 1220 g/mol. The number of ether oxygens (including phenoxy) is 4. The van der Waals surface area contributed by atoms with Gasteiger partial charge in [0.05, 0.1) is 30.7 Å². The second-order valence-corrected chi connectivity index (χ2v) is 33.3. The molecule has 16 nitrogen and oxygen atoms in total. The van der Waals surface area contributed by atoms with E-state index in [9.17, 15) is 45.6 Å². The zero-order valence-corrected chi connectivity index (χ0v) is 56.2. The van der Waals surface area contributed by atoms with Gasteiger partial charge in [-0.1, -0.05) is 115 Å². The largest absolute Gasteiger partial charge is 0.508 e. The first kappa shape index (κ1) is 66.1.